The summed E-state index contributed by atoms with van der Waals surface area (Å²) in [5.41, 5.74) is 5.52. The lowest BCUT2D eigenvalue weighted by Crippen LogP contribution is -2.21. The fourth-order valence-electron chi connectivity index (χ4n) is 1.84. The molecule has 0 radical (unpaired) electrons. The van der Waals surface area contributed by atoms with Crippen molar-refractivity contribution in [2.24, 2.45) is 0 Å². The zero-order valence-electron chi connectivity index (χ0n) is 7.87. The highest BCUT2D eigenvalue weighted by atomic mass is 16.5. The lowest BCUT2D eigenvalue weighted by Gasteiger charge is -1.99. The summed E-state index contributed by atoms with van der Waals surface area (Å²) in [6, 6.07) is 7.88. The molecule has 1 aliphatic rings. The van der Waals surface area contributed by atoms with Gasteiger partial charge in [0.2, 0.25) is 0 Å². The van der Waals surface area contributed by atoms with Crippen molar-refractivity contribution in [2.45, 2.75) is 13.3 Å². The molecule has 3 heteroatoms. The number of nitrogens with one attached hydrogen (secondary N) is 1. The molecule has 0 heterocycles. The molecule has 1 aromatic rings. The number of rotatable bonds is 1. The number of fused-ring (bicyclic) bond motifs is 1. The van der Waals surface area contributed by atoms with E-state index in [0.717, 1.165) is 16.7 Å². The van der Waals surface area contributed by atoms with E-state index in [1.54, 1.807) is 5.48 Å². The molecule has 1 aromatic carbocycles. The van der Waals surface area contributed by atoms with Crippen LogP contribution in [0.15, 0.2) is 29.8 Å². The average molecular weight is 189 g/mol. The Kier molecular flexibility index (Phi) is 2.09. The summed E-state index contributed by atoms with van der Waals surface area (Å²) in [5.74, 6) is -0.404. The van der Waals surface area contributed by atoms with Gasteiger partial charge in [0, 0.05) is 12.0 Å². The van der Waals surface area contributed by atoms with Gasteiger partial charge < -0.3 is 0 Å². The van der Waals surface area contributed by atoms with Crippen LogP contribution in [0.1, 0.15) is 18.1 Å². The lowest BCUT2D eigenvalue weighted by atomic mass is 10.1. The Hall–Kier alpha value is -1.61. The largest absolute Gasteiger partial charge is 0.288 e. The third-order valence-corrected chi connectivity index (χ3v) is 2.62. The second-order valence-corrected chi connectivity index (χ2v) is 3.38. The van der Waals surface area contributed by atoms with Crippen molar-refractivity contribution in [3.8, 4) is 0 Å². The van der Waals surface area contributed by atoms with E-state index in [2.05, 4.69) is 0 Å². The number of carbonyl (C=O) groups excluding carboxylic acids is 1. The molecule has 1 aliphatic carbocycles. The van der Waals surface area contributed by atoms with Crippen LogP contribution in [-0.2, 0) is 11.2 Å². The van der Waals surface area contributed by atoms with Gasteiger partial charge in [-0.05, 0) is 23.6 Å². The van der Waals surface area contributed by atoms with E-state index in [1.807, 2.05) is 31.2 Å². The molecule has 0 aliphatic heterocycles. The monoisotopic (exact) mass is 189 g/mol. The van der Waals surface area contributed by atoms with Crippen molar-refractivity contribution in [1.82, 2.24) is 5.48 Å². The molecule has 0 saturated carbocycles. The summed E-state index contributed by atoms with van der Waals surface area (Å²) in [6.45, 7) is 1.90. The van der Waals surface area contributed by atoms with Crippen LogP contribution >= 0.6 is 0 Å². The van der Waals surface area contributed by atoms with Crippen LogP contribution in [0.2, 0.25) is 0 Å². The summed E-state index contributed by atoms with van der Waals surface area (Å²) in [7, 11) is 0. The quantitative estimate of drug-likeness (QED) is 0.520. The van der Waals surface area contributed by atoms with Crippen LogP contribution in [0.25, 0.3) is 5.57 Å². The minimum absolute atomic E-state index is 0.404. The fourth-order valence-corrected chi connectivity index (χ4v) is 1.84. The molecular weight excluding hydrogens is 178 g/mol. The highest BCUT2D eigenvalue weighted by molar-refractivity contribution is 6.03. The van der Waals surface area contributed by atoms with Crippen molar-refractivity contribution < 1.29 is 10.0 Å². The standard InChI is InChI=1S/C11H11NO2/c1-7-9-5-3-2-4-8(9)6-10(7)11(13)12-14/h2-5,14H,6H2,1H3,(H,12,13). The first kappa shape index (κ1) is 8.97. The fraction of sp³-hybridized carbons (Fsp3) is 0.182. The smallest absolute Gasteiger partial charge is 0.271 e. The van der Waals surface area contributed by atoms with Crippen molar-refractivity contribution in [3.05, 3.63) is 41.0 Å². The zero-order chi connectivity index (χ0) is 10.1. The highest BCUT2D eigenvalue weighted by Crippen LogP contribution is 2.31. The van der Waals surface area contributed by atoms with Crippen LogP contribution in [0.5, 0.6) is 0 Å². The Morgan fingerprint density at radius 2 is 2.14 bits per heavy atom. The van der Waals surface area contributed by atoms with Crippen LogP contribution in [0, 0.1) is 0 Å². The first-order valence-electron chi connectivity index (χ1n) is 4.46. The zero-order valence-corrected chi connectivity index (χ0v) is 7.87. The van der Waals surface area contributed by atoms with Gasteiger partial charge >= 0.3 is 0 Å². The van der Waals surface area contributed by atoms with Gasteiger partial charge in [-0.15, -0.1) is 0 Å². The maximum Gasteiger partial charge on any atom is 0.271 e. The van der Waals surface area contributed by atoms with Gasteiger partial charge in [0.1, 0.15) is 0 Å². The first-order chi connectivity index (χ1) is 6.74. The average Bonchev–Trinajstić information content (AvgIpc) is 2.56. The lowest BCUT2D eigenvalue weighted by molar-refractivity contribution is -0.125. The van der Waals surface area contributed by atoms with Crippen molar-refractivity contribution >= 4 is 11.5 Å². The number of allylic oxidation sites excluding steroid dienone is 1. The van der Waals surface area contributed by atoms with E-state index in [9.17, 15) is 4.79 Å². The molecular formula is C11H11NO2. The molecule has 0 fully saturated rings. The van der Waals surface area contributed by atoms with Crippen LogP contribution in [-0.4, -0.2) is 11.1 Å². The third-order valence-electron chi connectivity index (χ3n) is 2.62. The van der Waals surface area contributed by atoms with E-state index in [0.29, 0.717) is 12.0 Å². The van der Waals surface area contributed by atoms with Gasteiger partial charge in [-0.2, -0.15) is 0 Å². The molecule has 0 saturated heterocycles. The van der Waals surface area contributed by atoms with Crippen molar-refractivity contribution in [1.29, 1.82) is 0 Å². The van der Waals surface area contributed by atoms with E-state index in [1.165, 1.54) is 0 Å². The van der Waals surface area contributed by atoms with Crippen molar-refractivity contribution in [2.75, 3.05) is 0 Å². The van der Waals surface area contributed by atoms with Crippen molar-refractivity contribution in [3.63, 3.8) is 0 Å². The SMILES string of the molecule is CC1=C(C(=O)NO)Cc2ccccc21. The first-order valence-corrected chi connectivity index (χ1v) is 4.46. The number of hydrogen-bond donors (Lipinski definition) is 2. The molecule has 72 valence electrons. The molecule has 0 spiro atoms. The summed E-state index contributed by atoms with van der Waals surface area (Å²) >= 11 is 0. The molecule has 0 atom stereocenters. The maximum absolute atomic E-state index is 11.3. The Bertz CT molecular complexity index is 421. The minimum Gasteiger partial charge on any atom is -0.288 e. The second kappa shape index (κ2) is 3.27. The topological polar surface area (TPSA) is 49.3 Å². The summed E-state index contributed by atoms with van der Waals surface area (Å²) in [4.78, 5) is 11.3. The summed E-state index contributed by atoms with van der Waals surface area (Å²) in [5, 5.41) is 8.56. The van der Waals surface area contributed by atoms with E-state index in [4.69, 9.17) is 5.21 Å². The van der Waals surface area contributed by atoms with Gasteiger partial charge in [0.25, 0.3) is 5.91 Å². The van der Waals surface area contributed by atoms with Gasteiger partial charge in [-0.1, -0.05) is 24.3 Å². The van der Waals surface area contributed by atoms with Crippen LogP contribution in [0.3, 0.4) is 0 Å². The van der Waals surface area contributed by atoms with E-state index >= 15 is 0 Å². The van der Waals surface area contributed by atoms with Crippen LogP contribution in [0.4, 0.5) is 0 Å². The second-order valence-electron chi connectivity index (χ2n) is 3.38. The number of hydrogen-bond acceptors (Lipinski definition) is 2. The van der Waals surface area contributed by atoms with E-state index < -0.39 is 5.91 Å². The van der Waals surface area contributed by atoms with Gasteiger partial charge in [0.15, 0.2) is 0 Å². The van der Waals surface area contributed by atoms with Gasteiger partial charge in [-0.25, -0.2) is 5.48 Å². The minimum atomic E-state index is -0.404. The number of benzene rings is 1. The van der Waals surface area contributed by atoms with E-state index in [-0.39, 0.29) is 0 Å². The maximum atomic E-state index is 11.3. The summed E-state index contributed by atoms with van der Waals surface area (Å²) < 4.78 is 0. The Morgan fingerprint density at radius 1 is 1.43 bits per heavy atom. The molecule has 2 N–H and O–H groups in total. The predicted molar refractivity (Wildman–Crippen MR) is 52.7 cm³/mol. The number of amides is 1. The molecule has 1 amide bonds. The Morgan fingerprint density at radius 3 is 2.79 bits per heavy atom. The Balaban J connectivity index is 2.44. The number of carbonyl (C=O) groups is 1. The molecule has 0 aromatic heterocycles. The third kappa shape index (κ3) is 1.22. The summed E-state index contributed by atoms with van der Waals surface area (Å²) in [6.07, 6.45) is 0.606. The molecule has 0 bridgehead atoms. The Labute approximate surface area is 82.0 Å². The molecule has 14 heavy (non-hydrogen) atoms. The molecule has 2 rings (SSSR count). The predicted octanol–water partition coefficient (Wildman–Crippen LogP) is 1.52. The normalized spacial score (nSPS) is 14.1. The molecule has 3 nitrogen and oxygen atoms in total. The van der Waals surface area contributed by atoms with Gasteiger partial charge in [0.05, 0.1) is 0 Å². The highest BCUT2D eigenvalue weighted by Gasteiger charge is 2.22. The van der Waals surface area contributed by atoms with Crippen LogP contribution < -0.4 is 5.48 Å². The number of hydroxylamine groups is 1. The molecule has 0 unspecified atom stereocenters. The van der Waals surface area contributed by atoms with Gasteiger partial charge in [-0.3, -0.25) is 10.0 Å².